The molecule has 0 aliphatic heterocycles. The minimum atomic E-state index is -0.778. The number of hydrogen-bond acceptors (Lipinski definition) is 9. The summed E-state index contributed by atoms with van der Waals surface area (Å²) >= 11 is 5.52. The molecule has 0 spiro atoms. The first-order chi connectivity index (χ1) is 17.7. The monoisotopic (exact) mass is 680 g/mol. The van der Waals surface area contributed by atoms with Crippen molar-refractivity contribution in [3.63, 3.8) is 0 Å². The molecule has 1 amide bonds. The van der Waals surface area contributed by atoms with Crippen LogP contribution in [0, 0.1) is 23.8 Å². The van der Waals surface area contributed by atoms with E-state index in [4.69, 9.17) is 13.9 Å². The second-order valence-electron chi connectivity index (χ2n) is 7.29. The topological polar surface area (TPSA) is 159 Å². The number of carbonyl (C=O) groups excluding carboxylic acids is 1. The van der Waals surface area contributed by atoms with E-state index in [2.05, 4.69) is 49.0 Å². The zero-order valence-corrected chi connectivity index (χ0v) is 22.4. The SMILES string of the molecule is COc1cc(/C=N\NC(=O)c2cc3cc(Br)cc(I)c3o2)ccc1Oc1ccc([N+](=O)[O-])cc1[N+](=O)[O-]. The first-order valence-electron chi connectivity index (χ1n) is 10.2. The molecule has 0 saturated heterocycles. The van der Waals surface area contributed by atoms with E-state index in [-0.39, 0.29) is 23.0 Å². The lowest BCUT2D eigenvalue weighted by molar-refractivity contribution is -0.394. The molecule has 0 unspecified atom stereocenters. The van der Waals surface area contributed by atoms with Crippen LogP contribution in [0.25, 0.3) is 11.0 Å². The molecule has 0 bridgehead atoms. The molecular formula is C23H14BrIN4O8. The second kappa shape index (κ2) is 10.9. The van der Waals surface area contributed by atoms with Gasteiger partial charge in [-0.05, 0) is 70.6 Å². The molecule has 12 nitrogen and oxygen atoms in total. The second-order valence-corrected chi connectivity index (χ2v) is 9.37. The summed E-state index contributed by atoms with van der Waals surface area (Å²) in [7, 11) is 1.37. The van der Waals surface area contributed by atoms with Crippen LogP contribution >= 0.6 is 38.5 Å². The van der Waals surface area contributed by atoms with Crippen LogP contribution in [-0.2, 0) is 0 Å². The predicted octanol–water partition coefficient (Wildman–Crippen LogP) is 6.18. The Bertz CT molecular complexity index is 1590. The third kappa shape index (κ3) is 5.86. The van der Waals surface area contributed by atoms with E-state index in [1.54, 1.807) is 12.1 Å². The van der Waals surface area contributed by atoms with Gasteiger partial charge in [-0.25, -0.2) is 5.43 Å². The molecule has 0 saturated carbocycles. The van der Waals surface area contributed by atoms with Gasteiger partial charge in [0.05, 0.1) is 32.8 Å². The zero-order chi connectivity index (χ0) is 26.7. The van der Waals surface area contributed by atoms with E-state index < -0.39 is 27.1 Å². The van der Waals surface area contributed by atoms with Crippen LogP contribution in [0.1, 0.15) is 16.1 Å². The van der Waals surface area contributed by atoms with Crippen LogP contribution in [0.2, 0.25) is 0 Å². The lowest BCUT2D eigenvalue weighted by Crippen LogP contribution is -2.16. The Labute approximate surface area is 229 Å². The van der Waals surface area contributed by atoms with E-state index in [1.807, 2.05) is 12.1 Å². The molecule has 1 aromatic heterocycles. The zero-order valence-electron chi connectivity index (χ0n) is 18.6. The number of amides is 1. The minimum absolute atomic E-state index is 0.0918. The number of fused-ring (bicyclic) bond motifs is 1. The van der Waals surface area contributed by atoms with Crippen molar-refractivity contribution in [1.29, 1.82) is 0 Å². The summed E-state index contributed by atoms with van der Waals surface area (Å²) in [6.07, 6.45) is 1.36. The lowest BCUT2D eigenvalue weighted by Gasteiger charge is -2.11. The molecule has 0 aliphatic carbocycles. The largest absolute Gasteiger partial charge is 0.493 e. The Morgan fingerprint density at radius 3 is 2.51 bits per heavy atom. The number of carbonyl (C=O) groups is 1. The van der Waals surface area contributed by atoms with Crippen molar-refractivity contribution in [1.82, 2.24) is 5.43 Å². The number of nitro benzene ring substituents is 2. The van der Waals surface area contributed by atoms with Crippen molar-refractivity contribution in [2.45, 2.75) is 0 Å². The van der Waals surface area contributed by atoms with Crippen LogP contribution in [-0.4, -0.2) is 29.1 Å². The van der Waals surface area contributed by atoms with E-state index in [0.29, 0.717) is 11.1 Å². The van der Waals surface area contributed by atoms with Crippen LogP contribution in [0.3, 0.4) is 0 Å². The quantitative estimate of drug-likeness (QED) is 0.0999. The Morgan fingerprint density at radius 1 is 1.05 bits per heavy atom. The number of rotatable bonds is 8. The van der Waals surface area contributed by atoms with E-state index in [9.17, 15) is 25.0 Å². The summed E-state index contributed by atoms with van der Waals surface area (Å²) in [6.45, 7) is 0. The average Bonchev–Trinajstić information content (AvgIpc) is 3.29. The lowest BCUT2D eigenvalue weighted by atomic mass is 10.2. The van der Waals surface area contributed by atoms with Gasteiger partial charge >= 0.3 is 11.6 Å². The van der Waals surface area contributed by atoms with Crippen molar-refractivity contribution < 1.29 is 28.5 Å². The van der Waals surface area contributed by atoms with Crippen molar-refractivity contribution in [2.24, 2.45) is 5.10 Å². The van der Waals surface area contributed by atoms with Gasteiger partial charge in [-0.15, -0.1) is 0 Å². The number of furan rings is 1. The third-order valence-electron chi connectivity index (χ3n) is 4.90. The number of hydrogen-bond donors (Lipinski definition) is 1. The fourth-order valence-corrected chi connectivity index (χ4v) is 4.88. The smallest absolute Gasteiger partial charge is 0.318 e. The van der Waals surface area contributed by atoms with Crippen molar-refractivity contribution >= 4 is 73.0 Å². The summed E-state index contributed by atoms with van der Waals surface area (Å²) in [5.41, 5.74) is 2.49. The highest BCUT2D eigenvalue weighted by Gasteiger charge is 2.22. The number of methoxy groups -OCH3 is 1. The number of hydrazone groups is 1. The van der Waals surface area contributed by atoms with Gasteiger partial charge < -0.3 is 13.9 Å². The predicted molar refractivity (Wildman–Crippen MR) is 145 cm³/mol. The first-order valence-corrected chi connectivity index (χ1v) is 12.0. The van der Waals surface area contributed by atoms with E-state index in [0.717, 1.165) is 31.6 Å². The van der Waals surface area contributed by atoms with Crippen LogP contribution in [0.15, 0.2) is 68.6 Å². The molecule has 188 valence electrons. The van der Waals surface area contributed by atoms with Gasteiger partial charge in [0.1, 0.15) is 5.58 Å². The number of ether oxygens (including phenoxy) is 2. The van der Waals surface area contributed by atoms with Crippen molar-refractivity contribution in [3.05, 3.63) is 94.2 Å². The van der Waals surface area contributed by atoms with Crippen LogP contribution < -0.4 is 14.9 Å². The molecule has 4 rings (SSSR count). The number of nitro groups is 2. The van der Waals surface area contributed by atoms with Crippen LogP contribution in [0.5, 0.6) is 17.2 Å². The van der Waals surface area contributed by atoms with Gasteiger partial charge in [-0.2, -0.15) is 5.10 Å². The normalized spacial score (nSPS) is 11.0. The van der Waals surface area contributed by atoms with Gasteiger partial charge in [0.25, 0.3) is 5.69 Å². The maximum absolute atomic E-state index is 12.5. The van der Waals surface area contributed by atoms with E-state index in [1.165, 1.54) is 25.5 Å². The Kier molecular flexibility index (Phi) is 7.68. The molecule has 1 N–H and O–H groups in total. The number of nitrogens with zero attached hydrogens (tertiary/aromatic N) is 3. The molecule has 37 heavy (non-hydrogen) atoms. The molecule has 3 aromatic carbocycles. The number of nitrogens with one attached hydrogen (secondary N) is 1. The highest BCUT2D eigenvalue weighted by atomic mass is 127. The summed E-state index contributed by atoms with van der Waals surface area (Å²) in [6, 6.07) is 12.9. The first kappa shape index (κ1) is 26.0. The number of benzene rings is 3. The molecule has 1 heterocycles. The van der Waals surface area contributed by atoms with Gasteiger partial charge in [0, 0.05) is 15.9 Å². The number of non-ortho nitro benzene ring substituents is 1. The van der Waals surface area contributed by atoms with E-state index >= 15 is 0 Å². The maximum atomic E-state index is 12.5. The maximum Gasteiger partial charge on any atom is 0.318 e. The minimum Gasteiger partial charge on any atom is -0.493 e. The molecule has 4 aromatic rings. The molecular weight excluding hydrogens is 667 g/mol. The molecule has 0 fully saturated rings. The summed E-state index contributed by atoms with van der Waals surface area (Å²) < 4.78 is 18.3. The van der Waals surface area contributed by atoms with Crippen molar-refractivity contribution in [2.75, 3.05) is 7.11 Å². The summed E-state index contributed by atoms with van der Waals surface area (Å²) in [5, 5.41) is 27.0. The van der Waals surface area contributed by atoms with Gasteiger partial charge in [-0.3, -0.25) is 25.0 Å². The molecule has 14 heteroatoms. The average molecular weight is 681 g/mol. The van der Waals surface area contributed by atoms with Crippen LogP contribution in [0.4, 0.5) is 11.4 Å². The Morgan fingerprint density at radius 2 is 1.81 bits per heavy atom. The Hall–Kier alpha value is -4.05. The molecule has 0 radical (unpaired) electrons. The summed E-state index contributed by atoms with van der Waals surface area (Å²) in [4.78, 5) is 33.2. The molecule has 0 atom stereocenters. The van der Waals surface area contributed by atoms with Gasteiger partial charge in [0.2, 0.25) is 5.75 Å². The molecule has 0 aliphatic rings. The number of halogens is 2. The fraction of sp³-hybridized carbons (Fsp3) is 0.0435. The Balaban J connectivity index is 1.50. The third-order valence-corrected chi connectivity index (χ3v) is 6.16. The van der Waals surface area contributed by atoms with Gasteiger partial charge in [0.15, 0.2) is 17.3 Å². The summed E-state index contributed by atoms with van der Waals surface area (Å²) in [5.74, 6) is -0.315. The highest BCUT2D eigenvalue weighted by Crippen LogP contribution is 2.38. The fourth-order valence-electron chi connectivity index (χ4n) is 3.22. The highest BCUT2D eigenvalue weighted by molar-refractivity contribution is 14.1. The standard InChI is InChI=1S/C23H14BrIN4O8/c1-35-20-6-12(2-4-19(20)36-18-5-3-15(28(31)32)10-17(18)29(33)34)11-26-27-23(30)21-8-13-7-14(24)9-16(25)22(13)37-21/h2-11H,1H3,(H,27,30)/b26-11-. The van der Waals surface area contributed by atoms with Gasteiger partial charge in [-0.1, -0.05) is 15.9 Å². The van der Waals surface area contributed by atoms with Crippen molar-refractivity contribution in [3.8, 4) is 17.2 Å².